The Hall–Kier alpha value is -2.50. The minimum absolute atomic E-state index is 0.102. The van der Waals surface area contributed by atoms with E-state index >= 15 is 0 Å². The van der Waals surface area contributed by atoms with Crippen LogP contribution < -0.4 is 0 Å². The van der Waals surface area contributed by atoms with Crippen molar-refractivity contribution in [3.8, 4) is 0 Å². The fourth-order valence-electron chi connectivity index (χ4n) is 3.12. The molecule has 0 spiro atoms. The normalized spacial score (nSPS) is 15.4. The summed E-state index contributed by atoms with van der Waals surface area (Å²) < 4.78 is 5.05. The number of rotatable bonds is 3. The highest BCUT2D eigenvalue weighted by Gasteiger charge is 2.23. The number of carbonyl (C=O) groups excluding carboxylic acids is 2. The number of hydrogen-bond donors (Lipinski definition) is 1. The van der Waals surface area contributed by atoms with Crippen molar-refractivity contribution in [1.82, 2.24) is 14.8 Å². The van der Waals surface area contributed by atoms with Crippen LogP contribution in [0.3, 0.4) is 0 Å². The second-order valence-corrected chi connectivity index (χ2v) is 5.96. The number of para-hydroxylation sites is 1. The van der Waals surface area contributed by atoms with Crippen LogP contribution in [0.4, 0.5) is 4.79 Å². The molecule has 128 valence electrons. The first-order chi connectivity index (χ1) is 11.7. The molecule has 1 aliphatic rings. The molecule has 1 saturated heterocycles. The number of aromatic nitrogens is 1. The van der Waals surface area contributed by atoms with Crippen molar-refractivity contribution in [3.63, 3.8) is 0 Å². The molecule has 24 heavy (non-hydrogen) atoms. The third-order valence-corrected chi connectivity index (χ3v) is 4.39. The lowest BCUT2D eigenvalue weighted by Crippen LogP contribution is -2.38. The van der Waals surface area contributed by atoms with Crippen LogP contribution in [0.2, 0.25) is 0 Å². The standard InChI is InChI=1S/C18H23N3O3/c1-2-24-18(23)21-9-5-8-20(10-11-21)17(22)12-14-13-19-16-7-4-3-6-15(14)16/h3-4,6-7,13,19H,2,5,8-12H2,1H3. The Balaban J connectivity index is 1.62. The highest BCUT2D eigenvalue weighted by atomic mass is 16.6. The minimum Gasteiger partial charge on any atom is -0.450 e. The Morgan fingerprint density at radius 1 is 1.12 bits per heavy atom. The molecule has 2 amide bonds. The van der Waals surface area contributed by atoms with E-state index in [1.165, 1.54) is 0 Å². The third-order valence-electron chi connectivity index (χ3n) is 4.39. The summed E-state index contributed by atoms with van der Waals surface area (Å²) in [6.45, 7) is 4.57. The van der Waals surface area contributed by atoms with Crippen LogP contribution in [-0.2, 0) is 16.0 Å². The number of amides is 2. The van der Waals surface area contributed by atoms with Gasteiger partial charge < -0.3 is 19.5 Å². The molecule has 0 bridgehead atoms. The van der Waals surface area contributed by atoms with Crippen molar-refractivity contribution in [2.24, 2.45) is 0 Å². The van der Waals surface area contributed by atoms with Crippen molar-refractivity contribution >= 4 is 22.9 Å². The van der Waals surface area contributed by atoms with Gasteiger partial charge in [-0.3, -0.25) is 4.79 Å². The Morgan fingerprint density at radius 2 is 1.88 bits per heavy atom. The van der Waals surface area contributed by atoms with Gasteiger partial charge in [0.25, 0.3) is 0 Å². The summed E-state index contributed by atoms with van der Waals surface area (Å²) in [5.74, 6) is 0.102. The first-order valence-electron chi connectivity index (χ1n) is 8.43. The predicted octanol–water partition coefficient (Wildman–Crippen LogP) is 2.40. The van der Waals surface area contributed by atoms with Gasteiger partial charge in [0, 0.05) is 43.3 Å². The molecule has 0 atom stereocenters. The quantitative estimate of drug-likeness (QED) is 0.940. The van der Waals surface area contributed by atoms with Gasteiger partial charge in [-0.2, -0.15) is 0 Å². The fraction of sp³-hybridized carbons (Fsp3) is 0.444. The summed E-state index contributed by atoms with van der Waals surface area (Å²) in [6, 6.07) is 7.99. The minimum atomic E-state index is -0.288. The van der Waals surface area contributed by atoms with Crippen LogP contribution in [0.5, 0.6) is 0 Å². The number of nitrogens with zero attached hydrogens (tertiary/aromatic N) is 2. The van der Waals surface area contributed by atoms with E-state index in [1.54, 1.807) is 11.8 Å². The van der Waals surface area contributed by atoms with Gasteiger partial charge in [-0.1, -0.05) is 18.2 Å². The van der Waals surface area contributed by atoms with Gasteiger partial charge in [0.05, 0.1) is 13.0 Å². The molecule has 0 unspecified atom stereocenters. The van der Waals surface area contributed by atoms with Gasteiger partial charge in [0.1, 0.15) is 0 Å². The number of carbonyl (C=O) groups is 2. The summed E-state index contributed by atoms with van der Waals surface area (Å²) in [7, 11) is 0. The second-order valence-electron chi connectivity index (χ2n) is 5.96. The molecule has 0 aliphatic carbocycles. The SMILES string of the molecule is CCOC(=O)N1CCCN(C(=O)Cc2c[nH]c3ccccc23)CC1. The maximum absolute atomic E-state index is 12.6. The van der Waals surface area contributed by atoms with E-state index in [2.05, 4.69) is 4.98 Å². The number of benzene rings is 1. The maximum atomic E-state index is 12.6. The van der Waals surface area contributed by atoms with Crippen LogP contribution in [0.1, 0.15) is 18.9 Å². The first-order valence-corrected chi connectivity index (χ1v) is 8.43. The van der Waals surface area contributed by atoms with Crippen LogP contribution in [0.25, 0.3) is 10.9 Å². The molecule has 2 aromatic rings. The van der Waals surface area contributed by atoms with Gasteiger partial charge in [-0.25, -0.2) is 4.79 Å². The van der Waals surface area contributed by atoms with Crippen molar-refractivity contribution in [2.75, 3.05) is 32.8 Å². The Labute approximate surface area is 141 Å². The number of H-pyrrole nitrogens is 1. The molecular weight excluding hydrogens is 306 g/mol. The molecular formula is C18H23N3O3. The zero-order valence-electron chi connectivity index (χ0n) is 14.0. The molecule has 3 rings (SSSR count). The highest BCUT2D eigenvalue weighted by Crippen LogP contribution is 2.19. The van der Waals surface area contributed by atoms with E-state index in [4.69, 9.17) is 4.74 Å². The topological polar surface area (TPSA) is 65.6 Å². The third kappa shape index (κ3) is 3.53. The highest BCUT2D eigenvalue weighted by molar-refractivity contribution is 5.88. The smallest absolute Gasteiger partial charge is 0.409 e. The average molecular weight is 329 g/mol. The number of hydrogen-bond acceptors (Lipinski definition) is 3. The summed E-state index contributed by atoms with van der Waals surface area (Å²) in [5, 5.41) is 1.09. The molecule has 2 heterocycles. The second kappa shape index (κ2) is 7.38. The van der Waals surface area contributed by atoms with Gasteiger partial charge in [-0.05, 0) is 25.0 Å². The number of ether oxygens (including phenoxy) is 1. The molecule has 1 aromatic carbocycles. The first kappa shape index (κ1) is 16.4. The summed E-state index contributed by atoms with van der Waals surface area (Å²) in [6.07, 6.45) is 2.77. The fourth-order valence-corrected chi connectivity index (χ4v) is 3.12. The number of aromatic amines is 1. The predicted molar refractivity (Wildman–Crippen MR) is 91.8 cm³/mol. The van der Waals surface area contributed by atoms with E-state index < -0.39 is 0 Å². The van der Waals surface area contributed by atoms with Crippen LogP contribution in [-0.4, -0.2) is 59.6 Å². The molecule has 0 saturated carbocycles. The molecule has 0 radical (unpaired) electrons. The van der Waals surface area contributed by atoms with Crippen LogP contribution >= 0.6 is 0 Å². The number of fused-ring (bicyclic) bond motifs is 1. The zero-order chi connectivity index (χ0) is 16.9. The van der Waals surface area contributed by atoms with Crippen molar-refractivity contribution in [3.05, 3.63) is 36.0 Å². The lowest BCUT2D eigenvalue weighted by molar-refractivity contribution is -0.130. The van der Waals surface area contributed by atoms with Crippen LogP contribution in [0.15, 0.2) is 30.5 Å². The molecule has 6 nitrogen and oxygen atoms in total. The average Bonchev–Trinajstić information content (AvgIpc) is 2.82. The van der Waals surface area contributed by atoms with E-state index in [-0.39, 0.29) is 12.0 Å². The Bertz CT molecular complexity index is 725. The van der Waals surface area contributed by atoms with E-state index in [0.29, 0.717) is 39.2 Å². The van der Waals surface area contributed by atoms with Gasteiger partial charge in [0.15, 0.2) is 0 Å². The van der Waals surface area contributed by atoms with E-state index in [0.717, 1.165) is 22.9 Å². The molecule has 1 aliphatic heterocycles. The van der Waals surface area contributed by atoms with Crippen molar-refractivity contribution in [2.45, 2.75) is 19.8 Å². The number of nitrogens with one attached hydrogen (secondary N) is 1. The summed E-state index contributed by atoms with van der Waals surface area (Å²) in [4.78, 5) is 31.2. The zero-order valence-corrected chi connectivity index (χ0v) is 14.0. The summed E-state index contributed by atoms with van der Waals surface area (Å²) in [5.41, 5.74) is 2.06. The molecule has 1 fully saturated rings. The lowest BCUT2D eigenvalue weighted by atomic mass is 10.1. The largest absolute Gasteiger partial charge is 0.450 e. The van der Waals surface area contributed by atoms with Crippen molar-refractivity contribution in [1.29, 1.82) is 0 Å². The molecule has 1 N–H and O–H groups in total. The monoisotopic (exact) mass is 329 g/mol. The van der Waals surface area contributed by atoms with Gasteiger partial charge in [0.2, 0.25) is 5.91 Å². The van der Waals surface area contributed by atoms with E-state index in [1.807, 2.05) is 35.4 Å². The lowest BCUT2D eigenvalue weighted by Gasteiger charge is -2.21. The molecule has 6 heteroatoms. The summed E-state index contributed by atoms with van der Waals surface area (Å²) >= 11 is 0. The Kier molecular flexibility index (Phi) is 5.03. The molecule has 1 aromatic heterocycles. The van der Waals surface area contributed by atoms with Gasteiger partial charge >= 0.3 is 6.09 Å². The van der Waals surface area contributed by atoms with Gasteiger partial charge in [-0.15, -0.1) is 0 Å². The maximum Gasteiger partial charge on any atom is 0.409 e. The van der Waals surface area contributed by atoms with Crippen LogP contribution in [0, 0.1) is 0 Å². The Morgan fingerprint density at radius 3 is 2.71 bits per heavy atom. The van der Waals surface area contributed by atoms with Crippen molar-refractivity contribution < 1.29 is 14.3 Å². The van der Waals surface area contributed by atoms with E-state index in [9.17, 15) is 9.59 Å².